The molecule has 0 aromatic heterocycles. The molecule has 1 unspecified atom stereocenters. The molecule has 0 saturated carbocycles. The molecule has 0 spiro atoms. The van der Waals surface area contributed by atoms with Crippen molar-refractivity contribution in [1.29, 1.82) is 0 Å². The third kappa shape index (κ3) is 46.5. The molecule has 0 bridgehead atoms. The molecule has 0 aromatic rings. The molecule has 0 aliphatic rings. The summed E-state index contributed by atoms with van der Waals surface area (Å²) >= 11 is 0. The van der Waals surface area contributed by atoms with Gasteiger partial charge in [0.1, 0.15) is 13.2 Å². The van der Waals surface area contributed by atoms with Crippen molar-refractivity contribution in [2.75, 3.05) is 13.2 Å². The molecule has 0 saturated heterocycles. The number of hydrogen-bond donors (Lipinski definition) is 0. The smallest absolute Gasteiger partial charge is 0.306 e. The van der Waals surface area contributed by atoms with E-state index in [1.807, 2.05) is 6.08 Å². The van der Waals surface area contributed by atoms with Gasteiger partial charge in [-0.25, -0.2) is 0 Å². The quantitative estimate of drug-likeness (QED) is 0.0263. The second-order valence-electron chi connectivity index (χ2n) is 17.1. The van der Waals surface area contributed by atoms with Crippen LogP contribution in [0.2, 0.25) is 0 Å². The first-order chi connectivity index (χ1) is 29.0. The fraction of sp³-hybridized carbons (Fsp3) is 0.830. The fourth-order valence-corrected chi connectivity index (χ4v) is 7.25. The van der Waals surface area contributed by atoms with Gasteiger partial charge in [0.25, 0.3) is 0 Å². The Labute approximate surface area is 365 Å². The lowest BCUT2D eigenvalue weighted by atomic mass is 10.0. The van der Waals surface area contributed by atoms with Gasteiger partial charge < -0.3 is 14.2 Å². The molecule has 0 radical (unpaired) electrons. The summed E-state index contributed by atoms with van der Waals surface area (Å²) in [6.07, 6.45) is 55.7. The Balaban J connectivity index is 4.42. The summed E-state index contributed by atoms with van der Waals surface area (Å²) in [6.45, 7) is 6.57. The summed E-state index contributed by atoms with van der Waals surface area (Å²) in [5, 5.41) is 0. The minimum absolute atomic E-state index is 0.0963. The number of carbonyl (C=O) groups excluding carboxylic acids is 3. The third-order valence-electron chi connectivity index (χ3n) is 11.1. The molecule has 0 aromatic carbocycles. The van der Waals surface area contributed by atoms with Gasteiger partial charge in [-0.1, -0.05) is 218 Å². The highest BCUT2D eigenvalue weighted by atomic mass is 16.6. The van der Waals surface area contributed by atoms with Gasteiger partial charge >= 0.3 is 17.9 Å². The van der Waals surface area contributed by atoms with E-state index in [1.54, 1.807) is 0 Å². The largest absolute Gasteiger partial charge is 0.462 e. The summed E-state index contributed by atoms with van der Waals surface area (Å²) in [4.78, 5) is 37.8. The zero-order valence-electron chi connectivity index (χ0n) is 39.3. The van der Waals surface area contributed by atoms with Crippen LogP contribution in [-0.4, -0.2) is 37.2 Å². The van der Waals surface area contributed by atoms with Crippen molar-refractivity contribution >= 4 is 17.9 Å². The second kappa shape index (κ2) is 48.3. The predicted octanol–water partition coefficient (Wildman–Crippen LogP) is 16.5. The van der Waals surface area contributed by atoms with Crippen molar-refractivity contribution in [2.24, 2.45) is 0 Å². The molecule has 0 amide bonds. The van der Waals surface area contributed by atoms with Crippen molar-refractivity contribution < 1.29 is 28.6 Å². The average molecular weight is 829 g/mol. The van der Waals surface area contributed by atoms with Crippen molar-refractivity contribution in [3.63, 3.8) is 0 Å². The van der Waals surface area contributed by atoms with Gasteiger partial charge in [0.05, 0.1) is 0 Å². The molecule has 1 atom stereocenters. The first kappa shape index (κ1) is 56.6. The monoisotopic (exact) mass is 829 g/mol. The molecule has 0 heterocycles. The predicted molar refractivity (Wildman–Crippen MR) is 252 cm³/mol. The van der Waals surface area contributed by atoms with Gasteiger partial charge in [0.2, 0.25) is 0 Å². The van der Waals surface area contributed by atoms with Crippen LogP contribution in [0.4, 0.5) is 0 Å². The number of allylic oxidation sites excluding steroid dienone is 6. The lowest BCUT2D eigenvalue weighted by molar-refractivity contribution is -0.166. The summed E-state index contributed by atoms with van der Waals surface area (Å²) in [5.74, 6) is -0.973. The maximum Gasteiger partial charge on any atom is 0.306 e. The maximum absolute atomic E-state index is 12.7. The molecule has 0 N–H and O–H groups in total. The molecule has 6 nitrogen and oxygen atoms in total. The van der Waals surface area contributed by atoms with Crippen LogP contribution in [0.25, 0.3) is 0 Å². The topological polar surface area (TPSA) is 78.9 Å². The molecule has 0 aliphatic heterocycles. The molecular formula is C53H96O6. The zero-order valence-corrected chi connectivity index (χ0v) is 39.3. The molecule has 0 rings (SSSR count). The summed E-state index contributed by atoms with van der Waals surface area (Å²) < 4.78 is 16.7. The van der Waals surface area contributed by atoms with Gasteiger partial charge in [-0.3, -0.25) is 14.4 Å². The highest BCUT2D eigenvalue weighted by Gasteiger charge is 2.19. The van der Waals surface area contributed by atoms with Crippen LogP contribution in [0.1, 0.15) is 265 Å². The van der Waals surface area contributed by atoms with Gasteiger partial charge in [-0.05, 0) is 64.2 Å². The van der Waals surface area contributed by atoms with Crippen LogP contribution in [0.15, 0.2) is 36.5 Å². The fourth-order valence-electron chi connectivity index (χ4n) is 7.25. The van der Waals surface area contributed by atoms with Crippen LogP contribution in [0, 0.1) is 0 Å². The standard InChI is InChI=1S/C53H96O6/c1-4-7-10-13-16-19-22-25-26-29-31-34-37-40-43-46-52(55)58-49-50(59-53(56)47-44-41-38-35-32-28-24-21-18-15-12-9-6-3)48-57-51(54)45-42-39-36-33-30-27-23-20-17-14-11-8-5-2/h27-28,30,32,38,41,50H,4-26,29,31,33-37,39-40,42-49H2,1-3H3/b30-27+,32-28+,41-38+. The zero-order chi connectivity index (χ0) is 43.0. The van der Waals surface area contributed by atoms with Gasteiger partial charge in [0, 0.05) is 19.3 Å². The van der Waals surface area contributed by atoms with Crippen LogP contribution < -0.4 is 0 Å². The van der Waals surface area contributed by atoms with Gasteiger partial charge in [-0.2, -0.15) is 0 Å². The Morgan fingerprint density at radius 2 is 0.644 bits per heavy atom. The van der Waals surface area contributed by atoms with E-state index in [9.17, 15) is 14.4 Å². The first-order valence-electron chi connectivity index (χ1n) is 25.5. The van der Waals surface area contributed by atoms with Crippen LogP contribution >= 0.6 is 0 Å². The van der Waals surface area contributed by atoms with E-state index in [0.717, 1.165) is 64.2 Å². The van der Waals surface area contributed by atoms with E-state index in [4.69, 9.17) is 14.2 Å². The maximum atomic E-state index is 12.7. The summed E-state index contributed by atoms with van der Waals surface area (Å²) in [5.41, 5.74) is 0. The van der Waals surface area contributed by atoms with E-state index >= 15 is 0 Å². The van der Waals surface area contributed by atoms with Crippen molar-refractivity contribution in [1.82, 2.24) is 0 Å². The highest BCUT2D eigenvalue weighted by molar-refractivity contribution is 5.71. The van der Waals surface area contributed by atoms with Crippen LogP contribution in [0.3, 0.4) is 0 Å². The Hall–Kier alpha value is -2.37. The lowest BCUT2D eigenvalue weighted by Gasteiger charge is -2.18. The summed E-state index contributed by atoms with van der Waals surface area (Å²) in [6, 6.07) is 0. The number of hydrogen-bond acceptors (Lipinski definition) is 6. The number of esters is 3. The minimum atomic E-state index is -0.804. The molecule has 0 fully saturated rings. The molecule has 0 aliphatic carbocycles. The minimum Gasteiger partial charge on any atom is -0.462 e. The van der Waals surface area contributed by atoms with Crippen molar-refractivity contribution in [3.8, 4) is 0 Å². The Morgan fingerprint density at radius 3 is 1.03 bits per heavy atom. The van der Waals surface area contributed by atoms with E-state index in [0.29, 0.717) is 19.3 Å². The normalized spacial score (nSPS) is 12.3. The Kier molecular flexibility index (Phi) is 46.4. The van der Waals surface area contributed by atoms with Crippen molar-refractivity contribution in [3.05, 3.63) is 36.5 Å². The lowest BCUT2D eigenvalue weighted by Crippen LogP contribution is -2.30. The number of ether oxygens (including phenoxy) is 3. The van der Waals surface area contributed by atoms with E-state index in [1.165, 1.54) is 154 Å². The van der Waals surface area contributed by atoms with E-state index in [2.05, 4.69) is 51.2 Å². The van der Waals surface area contributed by atoms with Crippen LogP contribution in [0.5, 0.6) is 0 Å². The second-order valence-corrected chi connectivity index (χ2v) is 17.1. The first-order valence-corrected chi connectivity index (χ1v) is 25.5. The average Bonchev–Trinajstić information content (AvgIpc) is 3.23. The number of unbranched alkanes of at least 4 members (excludes halogenated alkanes) is 29. The van der Waals surface area contributed by atoms with Crippen LogP contribution in [-0.2, 0) is 28.6 Å². The molecule has 59 heavy (non-hydrogen) atoms. The van der Waals surface area contributed by atoms with E-state index < -0.39 is 6.10 Å². The Bertz CT molecular complexity index is 1000. The number of rotatable bonds is 46. The number of carbonyl (C=O) groups is 3. The molecule has 6 heteroatoms. The molecule has 344 valence electrons. The molecular weight excluding hydrogens is 733 g/mol. The van der Waals surface area contributed by atoms with Crippen molar-refractivity contribution in [2.45, 2.75) is 271 Å². The summed E-state index contributed by atoms with van der Waals surface area (Å²) in [7, 11) is 0. The van der Waals surface area contributed by atoms with E-state index in [-0.39, 0.29) is 37.5 Å². The SMILES string of the molecule is CCCCCCCC/C=C/C/C=C/CCC(=O)OC(COC(=O)CCCCC/C=C/CCCCCCCC)COC(=O)CCCCCCCCCCCCCCCCC. The van der Waals surface area contributed by atoms with Gasteiger partial charge in [-0.15, -0.1) is 0 Å². The highest BCUT2D eigenvalue weighted by Crippen LogP contribution is 2.15. The Morgan fingerprint density at radius 1 is 0.339 bits per heavy atom. The van der Waals surface area contributed by atoms with Gasteiger partial charge in [0.15, 0.2) is 6.10 Å². The third-order valence-corrected chi connectivity index (χ3v) is 11.1.